The van der Waals surface area contributed by atoms with E-state index in [-0.39, 0.29) is 11.7 Å². The molecule has 0 spiro atoms. The average molecular weight is 291 g/mol. The fourth-order valence-electron chi connectivity index (χ4n) is 1.94. The highest BCUT2D eigenvalue weighted by Gasteiger charge is 2.14. The number of rotatable bonds is 3. The number of carbonyl (C=O) groups excluding carboxylic acids is 2. The van der Waals surface area contributed by atoms with Crippen molar-refractivity contribution in [2.45, 2.75) is 13.8 Å². The largest absolute Gasteiger partial charge is 0.346 e. The number of ketones is 1. The molecule has 1 aromatic heterocycles. The van der Waals surface area contributed by atoms with Gasteiger partial charge in [0.1, 0.15) is 5.69 Å². The molecule has 0 bridgehead atoms. The highest BCUT2D eigenvalue weighted by atomic mass is 35.5. The van der Waals surface area contributed by atoms with E-state index in [0.29, 0.717) is 22.0 Å². The third-order valence-electron chi connectivity index (χ3n) is 3.08. The van der Waals surface area contributed by atoms with Gasteiger partial charge in [-0.2, -0.15) is 0 Å². The lowest BCUT2D eigenvalue weighted by atomic mass is 10.2. The van der Waals surface area contributed by atoms with Crippen molar-refractivity contribution in [3.05, 3.63) is 52.3 Å². The quantitative estimate of drug-likeness (QED) is 0.880. The molecule has 0 aliphatic carbocycles. The van der Waals surface area contributed by atoms with E-state index >= 15 is 0 Å². The Morgan fingerprint density at radius 2 is 1.95 bits per heavy atom. The van der Waals surface area contributed by atoms with Gasteiger partial charge in [0.2, 0.25) is 0 Å². The van der Waals surface area contributed by atoms with Crippen LogP contribution in [-0.2, 0) is 7.05 Å². The molecule has 0 radical (unpaired) electrons. The van der Waals surface area contributed by atoms with Crippen LogP contribution in [0.1, 0.15) is 33.3 Å². The number of hydrogen-bond acceptors (Lipinski definition) is 2. The summed E-state index contributed by atoms with van der Waals surface area (Å²) in [6.45, 7) is 3.34. The summed E-state index contributed by atoms with van der Waals surface area (Å²) >= 11 is 5.88. The first-order valence-corrected chi connectivity index (χ1v) is 6.51. The molecule has 2 rings (SSSR count). The standard InChI is InChI=1S/C15H15ClN2O2/c1-9-6-12(16)4-5-13(9)17-15(20)14-7-11(10(2)19)8-18(14)3/h4-8H,1-3H3,(H,17,20). The van der Waals surface area contributed by atoms with Gasteiger partial charge >= 0.3 is 0 Å². The summed E-state index contributed by atoms with van der Waals surface area (Å²) in [5, 5.41) is 3.44. The van der Waals surface area contributed by atoms with Gasteiger partial charge in [0.15, 0.2) is 5.78 Å². The molecule has 5 heteroatoms. The van der Waals surface area contributed by atoms with Gasteiger partial charge in [-0.3, -0.25) is 9.59 Å². The van der Waals surface area contributed by atoms with E-state index in [4.69, 9.17) is 11.6 Å². The number of aryl methyl sites for hydroxylation is 2. The van der Waals surface area contributed by atoms with E-state index in [1.54, 1.807) is 42.1 Å². The SMILES string of the molecule is CC(=O)c1cc(C(=O)Nc2ccc(Cl)cc2C)n(C)c1. The molecule has 0 atom stereocenters. The Bertz CT molecular complexity index is 689. The lowest BCUT2D eigenvalue weighted by Crippen LogP contribution is -2.15. The summed E-state index contributed by atoms with van der Waals surface area (Å²) in [5.74, 6) is -0.326. The molecule has 0 fully saturated rings. The smallest absolute Gasteiger partial charge is 0.272 e. The van der Waals surface area contributed by atoms with E-state index in [2.05, 4.69) is 5.32 Å². The molecular weight excluding hydrogens is 276 g/mol. The number of amides is 1. The van der Waals surface area contributed by atoms with Crippen LogP contribution in [0.3, 0.4) is 0 Å². The highest BCUT2D eigenvalue weighted by Crippen LogP contribution is 2.20. The Hall–Kier alpha value is -2.07. The van der Waals surface area contributed by atoms with Gasteiger partial charge in [-0.25, -0.2) is 0 Å². The van der Waals surface area contributed by atoms with Gasteiger partial charge in [0, 0.05) is 29.5 Å². The number of aromatic nitrogens is 1. The second-order valence-corrected chi connectivity index (χ2v) is 5.13. The van der Waals surface area contributed by atoms with Crippen LogP contribution in [-0.4, -0.2) is 16.3 Å². The van der Waals surface area contributed by atoms with Crippen LogP contribution in [0.15, 0.2) is 30.5 Å². The van der Waals surface area contributed by atoms with E-state index in [0.717, 1.165) is 5.56 Å². The number of halogens is 1. The van der Waals surface area contributed by atoms with E-state index in [1.165, 1.54) is 6.92 Å². The number of anilines is 1. The van der Waals surface area contributed by atoms with Crippen molar-refractivity contribution in [1.29, 1.82) is 0 Å². The summed E-state index contributed by atoms with van der Waals surface area (Å²) in [5.41, 5.74) is 2.53. The monoisotopic (exact) mass is 290 g/mol. The van der Waals surface area contributed by atoms with Crippen molar-refractivity contribution in [3.63, 3.8) is 0 Å². The molecule has 1 heterocycles. The van der Waals surface area contributed by atoms with E-state index in [9.17, 15) is 9.59 Å². The summed E-state index contributed by atoms with van der Waals surface area (Å²) in [6, 6.07) is 6.84. The van der Waals surface area contributed by atoms with Crippen molar-refractivity contribution in [2.24, 2.45) is 7.05 Å². The van der Waals surface area contributed by atoms with Gasteiger partial charge < -0.3 is 9.88 Å². The topological polar surface area (TPSA) is 51.1 Å². The van der Waals surface area contributed by atoms with E-state index < -0.39 is 0 Å². The van der Waals surface area contributed by atoms with Crippen molar-refractivity contribution in [3.8, 4) is 0 Å². The first-order chi connectivity index (χ1) is 9.38. The minimum atomic E-state index is -0.259. The summed E-state index contributed by atoms with van der Waals surface area (Å²) in [6.07, 6.45) is 1.64. The molecule has 4 nitrogen and oxygen atoms in total. The third kappa shape index (κ3) is 2.91. The van der Waals surface area contributed by atoms with Crippen LogP contribution in [0.2, 0.25) is 5.02 Å². The lowest BCUT2D eigenvalue weighted by molar-refractivity contribution is 0.101. The Morgan fingerprint density at radius 1 is 1.25 bits per heavy atom. The second-order valence-electron chi connectivity index (χ2n) is 4.69. The minimum absolute atomic E-state index is 0.0673. The van der Waals surface area contributed by atoms with Gasteiger partial charge in [0.25, 0.3) is 5.91 Å². The highest BCUT2D eigenvalue weighted by molar-refractivity contribution is 6.30. The van der Waals surface area contributed by atoms with Crippen molar-refractivity contribution in [1.82, 2.24) is 4.57 Å². The van der Waals surface area contributed by atoms with Crippen molar-refractivity contribution < 1.29 is 9.59 Å². The van der Waals surface area contributed by atoms with Gasteiger partial charge in [-0.05, 0) is 43.7 Å². The van der Waals surface area contributed by atoms with Crippen LogP contribution in [0.25, 0.3) is 0 Å². The maximum atomic E-state index is 12.2. The number of carbonyl (C=O) groups is 2. The molecular formula is C15H15ClN2O2. The summed E-state index contributed by atoms with van der Waals surface area (Å²) < 4.78 is 1.64. The molecule has 104 valence electrons. The molecule has 1 N–H and O–H groups in total. The Labute approximate surface area is 122 Å². The fourth-order valence-corrected chi connectivity index (χ4v) is 2.16. The molecule has 0 aliphatic rings. The van der Waals surface area contributed by atoms with Gasteiger partial charge in [-0.15, -0.1) is 0 Å². The molecule has 20 heavy (non-hydrogen) atoms. The van der Waals surface area contributed by atoms with E-state index in [1.807, 2.05) is 6.92 Å². The Balaban J connectivity index is 2.26. The maximum Gasteiger partial charge on any atom is 0.272 e. The van der Waals surface area contributed by atoms with Crippen LogP contribution in [0, 0.1) is 6.92 Å². The molecule has 0 saturated heterocycles. The number of nitrogens with zero attached hydrogens (tertiary/aromatic N) is 1. The first kappa shape index (κ1) is 14.3. The average Bonchev–Trinajstić information content (AvgIpc) is 2.75. The molecule has 0 aliphatic heterocycles. The molecule has 1 amide bonds. The van der Waals surface area contributed by atoms with Gasteiger partial charge in [-0.1, -0.05) is 11.6 Å². The second kappa shape index (κ2) is 5.51. The molecule has 2 aromatic rings. The molecule has 0 unspecified atom stereocenters. The van der Waals surface area contributed by atoms with Crippen LogP contribution >= 0.6 is 11.6 Å². The molecule has 1 aromatic carbocycles. The van der Waals surface area contributed by atoms with Crippen LogP contribution in [0.4, 0.5) is 5.69 Å². The number of Topliss-reactive ketones (excluding diaryl/α,β-unsaturated/α-hetero) is 1. The first-order valence-electron chi connectivity index (χ1n) is 6.13. The minimum Gasteiger partial charge on any atom is -0.346 e. The van der Waals surface area contributed by atoms with Crippen molar-refractivity contribution in [2.75, 3.05) is 5.32 Å². The van der Waals surface area contributed by atoms with Crippen LogP contribution < -0.4 is 5.32 Å². The van der Waals surface area contributed by atoms with Crippen LogP contribution in [0.5, 0.6) is 0 Å². The summed E-state index contributed by atoms with van der Waals surface area (Å²) in [4.78, 5) is 23.6. The normalized spacial score (nSPS) is 10.4. The van der Waals surface area contributed by atoms with Crippen molar-refractivity contribution >= 4 is 29.0 Å². The van der Waals surface area contributed by atoms with Gasteiger partial charge in [0.05, 0.1) is 0 Å². The number of hydrogen-bond donors (Lipinski definition) is 1. The number of nitrogens with one attached hydrogen (secondary N) is 1. The predicted octanol–water partition coefficient (Wildman–Crippen LogP) is 3.44. The zero-order chi connectivity index (χ0) is 14.9. The predicted molar refractivity (Wildman–Crippen MR) is 79.6 cm³/mol. The Morgan fingerprint density at radius 3 is 2.50 bits per heavy atom. The Kier molecular flexibility index (Phi) is 3.95. The zero-order valence-electron chi connectivity index (χ0n) is 11.5. The maximum absolute atomic E-state index is 12.2. The lowest BCUT2D eigenvalue weighted by Gasteiger charge is -2.09. The summed E-state index contributed by atoms with van der Waals surface area (Å²) in [7, 11) is 1.73. The number of benzene rings is 1. The third-order valence-corrected chi connectivity index (χ3v) is 3.32. The zero-order valence-corrected chi connectivity index (χ0v) is 12.3. The molecule has 0 saturated carbocycles. The fraction of sp³-hybridized carbons (Fsp3) is 0.200.